The van der Waals surface area contributed by atoms with Crippen LogP contribution in [0.3, 0.4) is 0 Å². The van der Waals surface area contributed by atoms with Crippen molar-refractivity contribution in [3.8, 4) is 0 Å². The lowest BCUT2D eigenvalue weighted by molar-refractivity contribution is 0.0610. The van der Waals surface area contributed by atoms with Crippen molar-refractivity contribution in [2.45, 2.75) is 162 Å². The zero-order chi connectivity index (χ0) is 28.1. The van der Waals surface area contributed by atoms with E-state index < -0.39 is 0 Å². The average molecular weight is 542 g/mol. The molecule has 2 atom stereocenters. The normalized spacial score (nSPS) is 13.6. The first kappa shape index (κ1) is 37.8. The van der Waals surface area contributed by atoms with E-state index in [2.05, 4.69) is 42.8 Å². The summed E-state index contributed by atoms with van der Waals surface area (Å²) in [4.78, 5) is 4.80. The summed E-state index contributed by atoms with van der Waals surface area (Å²) in [5.41, 5.74) is 0. The Bertz CT molecular complexity index is 424. The average Bonchev–Trinajstić information content (AvgIpc) is 2.90. The molecule has 5 heteroatoms. The van der Waals surface area contributed by atoms with Crippen molar-refractivity contribution in [2.75, 3.05) is 52.4 Å². The van der Waals surface area contributed by atoms with Gasteiger partial charge in [-0.2, -0.15) is 0 Å². The Balaban J connectivity index is 4.31. The Morgan fingerprint density at radius 2 is 0.868 bits per heavy atom. The minimum Gasteiger partial charge on any atom is -0.392 e. The molecule has 38 heavy (non-hydrogen) atoms. The van der Waals surface area contributed by atoms with Gasteiger partial charge in [-0.1, -0.05) is 130 Å². The lowest BCUT2D eigenvalue weighted by Gasteiger charge is -2.28. The molecule has 0 radical (unpaired) electrons. The number of nitrogens with one attached hydrogen (secondary N) is 1. The molecule has 0 aliphatic carbocycles. The van der Waals surface area contributed by atoms with Crippen LogP contribution in [-0.4, -0.2) is 84.6 Å². The molecule has 3 N–H and O–H groups in total. The van der Waals surface area contributed by atoms with Crippen molar-refractivity contribution < 1.29 is 10.2 Å². The molecule has 2 unspecified atom stereocenters. The Morgan fingerprint density at radius 3 is 1.26 bits per heavy atom. The molecule has 0 aliphatic heterocycles. The van der Waals surface area contributed by atoms with Gasteiger partial charge >= 0.3 is 0 Å². The molecule has 0 bridgehead atoms. The molecule has 230 valence electrons. The van der Waals surface area contributed by atoms with Crippen molar-refractivity contribution in [1.82, 2.24) is 15.1 Å². The zero-order valence-electron chi connectivity index (χ0n) is 26.5. The highest BCUT2D eigenvalue weighted by Gasteiger charge is 2.16. The zero-order valence-corrected chi connectivity index (χ0v) is 26.5. The standard InChI is InChI=1S/C33H71N3O2/c1-5-9-11-13-15-17-19-21-23-32(37)30-36(29-26-34-25-28-35(8-4)27-7-3)31-33(38)24-22-20-18-16-14-12-10-6-2/h32-34,37-38H,5-31H2,1-4H3. The quantitative estimate of drug-likeness (QED) is 0.0799. The largest absolute Gasteiger partial charge is 0.392 e. The van der Waals surface area contributed by atoms with Crippen LogP contribution < -0.4 is 5.32 Å². The Kier molecular flexibility index (Phi) is 29.6. The topological polar surface area (TPSA) is 59.0 Å². The molecule has 0 saturated carbocycles. The summed E-state index contributed by atoms with van der Waals surface area (Å²) >= 11 is 0. The Hall–Kier alpha value is -0.200. The van der Waals surface area contributed by atoms with Gasteiger partial charge in [-0.25, -0.2) is 0 Å². The van der Waals surface area contributed by atoms with Crippen molar-refractivity contribution in [3.05, 3.63) is 0 Å². The first-order valence-electron chi connectivity index (χ1n) is 17.1. The number of aliphatic hydroxyl groups is 2. The van der Waals surface area contributed by atoms with E-state index in [-0.39, 0.29) is 12.2 Å². The fourth-order valence-corrected chi connectivity index (χ4v) is 5.41. The van der Waals surface area contributed by atoms with Crippen LogP contribution in [-0.2, 0) is 0 Å². The smallest absolute Gasteiger partial charge is 0.0667 e. The van der Waals surface area contributed by atoms with Gasteiger partial charge in [0.2, 0.25) is 0 Å². The lowest BCUT2D eigenvalue weighted by Crippen LogP contribution is -2.42. The first-order valence-corrected chi connectivity index (χ1v) is 17.1. The predicted molar refractivity (Wildman–Crippen MR) is 168 cm³/mol. The number of rotatable bonds is 31. The van der Waals surface area contributed by atoms with Crippen LogP contribution in [0.15, 0.2) is 0 Å². The van der Waals surface area contributed by atoms with Crippen LogP contribution in [0.2, 0.25) is 0 Å². The van der Waals surface area contributed by atoms with Crippen LogP contribution in [0.4, 0.5) is 0 Å². The summed E-state index contributed by atoms with van der Waals surface area (Å²) in [5.74, 6) is 0. The van der Waals surface area contributed by atoms with Crippen molar-refractivity contribution >= 4 is 0 Å². The fourth-order valence-electron chi connectivity index (χ4n) is 5.41. The fraction of sp³-hybridized carbons (Fsp3) is 1.00. The van der Waals surface area contributed by atoms with E-state index >= 15 is 0 Å². The van der Waals surface area contributed by atoms with Gasteiger partial charge in [0.1, 0.15) is 0 Å². The Labute approximate surface area is 239 Å². The molecule has 0 spiro atoms. The maximum absolute atomic E-state index is 10.8. The van der Waals surface area contributed by atoms with Crippen LogP contribution in [0, 0.1) is 0 Å². The SMILES string of the molecule is CCCCCCCCCCC(O)CN(CCNCCN(CC)CCC)CC(O)CCCCCCCCCC. The van der Waals surface area contributed by atoms with E-state index in [0.717, 1.165) is 58.4 Å². The number of aliphatic hydroxyl groups excluding tert-OH is 2. The molecule has 0 aliphatic rings. The van der Waals surface area contributed by atoms with Crippen LogP contribution >= 0.6 is 0 Å². The second-order valence-electron chi connectivity index (χ2n) is 11.8. The highest BCUT2D eigenvalue weighted by Crippen LogP contribution is 2.13. The van der Waals surface area contributed by atoms with Gasteiger partial charge in [-0.3, -0.25) is 4.90 Å². The van der Waals surface area contributed by atoms with Crippen LogP contribution in [0.1, 0.15) is 150 Å². The minimum atomic E-state index is -0.287. The van der Waals surface area contributed by atoms with Crippen LogP contribution in [0.5, 0.6) is 0 Å². The highest BCUT2D eigenvalue weighted by atomic mass is 16.3. The maximum Gasteiger partial charge on any atom is 0.0667 e. The molecule has 5 nitrogen and oxygen atoms in total. The van der Waals surface area contributed by atoms with Crippen molar-refractivity contribution in [2.24, 2.45) is 0 Å². The number of likely N-dealkylation sites (N-methyl/N-ethyl adjacent to an activating group) is 1. The van der Waals surface area contributed by atoms with Gasteiger partial charge in [0, 0.05) is 39.3 Å². The molecular formula is C33H71N3O2. The van der Waals surface area contributed by atoms with Gasteiger partial charge in [0.05, 0.1) is 12.2 Å². The monoisotopic (exact) mass is 542 g/mol. The van der Waals surface area contributed by atoms with Crippen molar-refractivity contribution in [1.29, 1.82) is 0 Å². The van der Waals surface area contributed by atoms with Crippen LogP contribution in [0.25, 0.3) is 0 Å². The minimum absolute atomic E-state index is 0.287. The number of nitrogens with zero attached hydrogens (tertiary/aromatic N) is 2. The third kappa shape index (κ3) is 26.0. The molecule has 0 heterocycles. The molecule has 0 aromatic rings. The summed E-state index contributed by atoms with van der Waals surface area (Å²) in [7, 11) is 0. The van der Waals surface area contributed by atoms with E-state index in [4.69, 9.17) is 0 Å². The maximum atomic E-state index is 10.8. The van der Waals surface area contributed by atoms with E-state index in [1.165, 1.54) is 103 Å². The second-order valence-corrected chi connectivity index (χ2v) is 11.8. The van der Waals surface area contributed by atoms with E-state index in [1.54, 1.807) is 0 Å². The predicted octanol–water partition coefficient (Wildman–Crippen LogP) is 7.39. The van der Waals surface area contributed by atoms with E-state index in [9.17, 15) is 10.2 Å². The summed E-state index contributed by atoms with van der Waals surface area (Å²) in [6.07, 6.45) is 23.2. The van der Waals surface area contributed by atoms with Crippen molar-refractivity contribution in [3.63, 3.8) is 0 Å². The highest BCUT2D eigenvalue weighted by molar-refractivity contribution is 4.71. The molecular weight excluding hydrogens is 470 g/mol. The summed E-state index contributed by atoms with van der Waals surface area (Å²) < 4.78 is 0. The molecule has 0 aromatic heterocycles. The summed E-state index contributed by atoms with van der Waals surface area (Å²) in [6.45, 7) is 16.6. The second kappa shape index (κ2) is 29.8. The molecule has 0 rings (SSSR count). The molecule has 0 saturated heterocycles. The number of unbranched alkanes of at least 4 members (excludes halogenated alkanes) is 14. The third-order valence-corrected chi connectivity index (χ3v) is 7.92. The summed E-state index contributed by atoms with van der Waals surface area (Å²) in [5, 5.41) is 25.1. The first-order chi connectivity index (χ1) is 18.6. The molecule has 0 fully saturated rings. The summed E-state index contributed by atoms with van der Waals surface area (Å²) in [6, 6.07) is 0. The van der Waals surface area contributed by atoms with E-state index in [0.29, 0.717) is 13.1 Å². The Morgan fingerprint density at radius 1 is 0.474 bits per heavy atom. The third-order valence-electron chi connectivity index (χ3n) is 7.92. The van der Waals surface area contributed by atoms with Gasteiger partial charge in [-0.05, 0) is 32.4 Å². The van der Waals surface area contributed by atoms with Gasteiger partial charge in [0.15, 0.2) is 0 Å². The molecule has 0 aromatic carbocycles. The van der Waals surface area contributed by atoms with Gasteiger partial charge < -0.3 is 20.4 Å². The lowest BCUT2D eigenvalue weighted by atomic mass is 10.0. The van der Waals surface area contributed by atoms with Gasteiger partial charge in [0.25, 0.3) is 0 Å². The number of hydrogen-bond acceptors (Lipinski definition) is 5. The number of hydrogen-bond donors (Lipinski definition) is 3. The molecule has 0 amide bonds. The van der Waals surface area contributed by atoms with E-state index in [1.807, 2.05) is 0 Å². The van der Waals surface area contributed by atoms with Gasteiger partial charge in [-0.15, -0.1) is 0 Å².